The van der Waals surface area contributed by atoms with Gasteiger partial charge in [-0.15, -0.1) is 0 Å². The van der Waals surface area contributed by atoms with Gasteiger partial charge in [-0.3, -0.25) is 4.79 Å². The number of nitrogens with zero attached hydrogens (tertiary/aromatic N) is 1. The predicted molar refractivity (Wildman–Crippen MR) is 113 cm³/mol. The number of sulfonamides is 1. The van der Waals surface area contributed by atoms with Gasteiger partial charge in [0.15, 0.2) is 17.3 Å². The van der Waals surface area contributed by atoms with E-state index < -0.39 is 10.0 Å². The van der Waals surface area contributed by atoms with Gasteiger partial charge in [-0.25, -0.2) is 12.7 Å². The van der Waals surface area contributed by atoms with E-state index in [9.17, 15) is 13.2 Å². The second-order valence-electron chi connectivity index (χ2n) is 7.42. The van der Waals surface area contributed by atoms with Crippen molar-refractivity contribution >= 4 is 21.5 Å². The van der Waals surface area contributed by atoms with Gasteiger partial charge in [0.25, 0.3) is 0 Å². The second kappa shape index (κ2) is 8.12. The maximum atomic E-state index is 12.9. The highest BCUT2D eigenvalue weighted by Gasteiger charge is 2.22. The molecule has 0 amide bonds. The van der Waals surface area contributed by atoms with Gasteiger partial charge < -0.3 is 14.8 Å². The molecule has 0 radical (unpaired) electrons. The number of nitrogens with one attached hydrogen (secondary N) is 1. The van der Waals surface area contributed by atoms with Crippen LogP contribution in [0.15, 0.2) is 47.4 Å². The summed E-state index contributed by atoms with van der Waals surface area (Å²) in [7, 11) is -0.691. The Balaban J connectivity index is 1.69. The first-order chi connectivity index (χ1) is 14.4. The quantitative estimate of drug-likeness (QED) is 0.595. The molecule has 0 saturated carbocycles. The van der Waals surface area contributed by atoms with Gasteiger partial charge in [0.05, 0.1) is 18.1 Å². The smallest absolute Gasteiger partial charge is 0.242 e. The van der Waals surface area contributed by atoms with Gasteiger partial charge in [0.2, 0.25) is 10.0 Å². The van der Waals surface area contributed by atoms with Crippen LogP contribution in [0.2, 0.25) is 0 Å². The van der Waals surface area contributed by atoms with Crippen LogP contribution in [0, 0.1) is 0 Å². The fourth-order valence-corrected chi connectivity index (χ4v) is 4.45. The molecule has 2 aliphatic heterocycles. The summed E-state index contributed by atoms with van der Waals surface area (Å²) in [5.41, 5.74) is 2.99. The van der Waals surface area contributed by atoms with Crippen molar-refractivity contribution < 1.29 is 22.7 Å². The molecule has 158 valence electrons. The number of rotatable bonds is 4. The minimum Gasteiger partial charge on any atom is -0.490 e. The van der Waals surface area contributed by atoms with Crippen molar-refractivity contribution in [1.82, 2.24) is 9.62 Å². The van der Waals surface area contributed by atoms with Crippen LogP contribution in [0.5, 0.6) is 11.5 Å². The number of carbonyl (C=O) groups is 1. The van der Waals surface area contributed by atoms with Crippen LogP contribution < -0.4 is 14.8 Å². The number of hydrogen-bond donors (Lipinski definition) is 1. The molecule has 7 nitrogen and oxygen atoms in total. The van der Waals surface area contributed by atoms with Gasteiger partial charge >= 0.3 is 0 Å². The Bertz CT molecular complexity index is 1120. The average Bonchev–Trinajstić information content (AvgIpc) is 2.97. The number of fused-ring (bicyclic) bond motifs is 2. The highest BCUT2D eigenvalue weighted by atomic mass is 32.2. The highest BCUT2D eigenvalue weighted by Crippen LogP contribution is 2.36. The first-order valence-corrected chi connectivity index (χ1v) is 11.3. The summed E-state index contributed by atoms with van der Waals surface area (Å²) >= 11 is 0. The molecule has 2 aromatic rings. The van der Waals surface area contributed by atoms with E-state index in [2.05, 4.69) is 5.32 Å². The van der Waals surface area contributed by atoms with Crippen molar-refractivity contribution in [2.24, 2.45) is 0 Å². The summed E-state index contributed by atoms with van der Waals surface area (Å²) in [6.07, 6.45) is 3.16. The lowest BCUT2D eigenvalue weighted by molar-refractivity contribution is 0.104. The monoisotopic (exact) mass is 428 g/mol. The maximum absolute atomic E-state index is 12.9. The van der Waals surface area contributed by atoms with E-state index in [1.165, 1.54) is 32.3 Å². The number of ketones is 1. The van der Waals surface area contributed by atoms with Crippen LogP contribution in [0.3, 0.4) is 0 Å². The Morgan fingerprint density at radius 2 is 1.83 bits per heavy atom. The normalized spacial score (nSPS) is 17.2. The number of hydrogen-bond acceptors (Lipinski definition) is 6. The zero-order valence-corrected chi connectivity index (χ0v) is 17.8. The average molecular weight is 429 g/mol. The zero-order valence-electron chi connectivity index (χ0n) is 17.0. The van der Waals surface area contributed by atoms with E-state index in [0.717, 1.165) is 34.0 Å². The lowest BCUT2D eigenvalue weighted by Crippen LogP contribution is -2.24. The highest BCUT2D eigenvalue weighted by molar-refractivity contribution is 7.89. The summed E-state index contributed by atoms with van der Waals surface area (Å²) in [5, 5.41) is 3.28. The number of allylic oxidation sites excluding steroid dienone is 1. The molecule has 0 aliphatic carbocycles. The molecule has 1 N–H and O–H groups in total. The fourth-order valence-electron chi connectivity index (χ4n) is 3.50. The standard InChI is InChI=1S/C22H24N2O5S/c1-24(2)30(26,27)17-6-3-5-16(11-17)20(25)14-19-18-13-22-21(28-9-4-10-29-22)12-15(18)7-8-23-19/h3,5-6,11-14,23H,4,7-10H2,1-2H3/b19-14-. The predicted octanol–water partition coefficient (Wildman–Crippen LogP) is 2.47. The third kappa shape index (κ3) is 3.93. The lowest BCUT2D eigenvalue weighted by Gasteiger charge is -2.23. The first kappa shape index (κ1) is 20.4. The minimum absolute atomic E-state index is 0.0876. The lowest BCUT2D eigenvalue weighted by atomic mass is 9.95. The molecule has 8 heteroatoms. The molecule has 2 aliphatic rings. The van der Waals surface area contributed by atoms with Crippen LogP contribution in [0.1, 0.15) is 27.9 Å². The minimum atomic E-state index is -3.61. The van der Waals surface area contributed by atoms with Crippen LogP contribution in [0.4, 0.5) is 0 Å². The zero-order chi connectivity index (χ0) is 21.3. The Hall–Kier alpha value is -2.84. The molecule has 4 rings (SSSR count). The van der Waals surface area contributed by atoms with Crippen LogP contribution in [-0.4, -0.2) is 52.4 Å². The molecule has 2 aromatic carbocycles. The van der Waals surface area contributed by atoms with Gasteiger partial charge in [-0.2, -0.15) is 0 Å². The van der Waals surface area contributed by atoms with Crippen molar-refractivity contribution in [2.45, 2.75) is 17.7 Å². The molecular formula is C22H24N2O5S. The summed E-state index contributed by atoms with van der Waals surface area (Å²) in [6.45, 7) is 1.91. The SMILES string of the molecule is CN(C)S(=O)(=O)c1cccc(C(=O)/C=C2\NCCc3cc4c(cc32)OCCCO4)c1. The Kier molecular flexibility index (Phi) is 5.53. The maximum Gasteiger partial charge on any atom is 0.242 e. The van der Waals surface area contributed by atoms with Crippen molar-refractivity contribution in [3.63, 3.8) is 0 Å². The summed E-state index contributed by atoms with van der Waals surface area (Å²) in [4.78, 5) is 13.0. The van der Waals surface area contributed by atoms with Crippen molar-refractivity contribution in [3.05, 3.63) is 59.2 Å². The molecule has 0 fully saturated rings. The van der Waals surface area contributed by atoms with Crippen LogP contribution in [0.25, 0.3) is 5.70 Å². The molecule has 2 heterocycles. The summed E-state index contributed by atoms with van der Waals surface area (Å²) in [5.74, 6) is 1.14. The molecule has 0 saturated heterocycles. The summed E-state index contributed by atoms with van der Waals surface area (Å²) < 4.78 is 37.5. The van der Waals surface area contributed by atoms with Gasteiger partial charge in [-0.1, -0.05) is 12.1 Å². The fraction of sp³-hybridized carbons (Fsp3) is 0.318. The topological polar surface area (TPSA) is 84.9 Å². The Labute approximate surface area is 176 Å². The Morgan fingerprint density at radius 1 is 1.10 bits per heavy atom. The molecule has 0 unspecified atom stereocenters. The van der Waals surface area contributed by atoms with Crippen molar-refractivity contribution in [2.75, 3.05) is 33.9 Å². The third-order valence-corrected chi connectivity index (χ3v) is 6.96. The van der Waals surface area contributed by atoms with E-state index in [1.54, 1.807) is 12.1 Å². The molecular weight excluding hydrogens is 404 g/mol. The van der Waals surface area contributed by atoms with E-state index >= 15 is 0 Å². The first-order valence-electron chi connectivity index (χ1n) is 9.81. The molecule has 0 spiro atoms. The van der Waals surface area contributed by atoms with Crippen molar-refractivity contribution in [1.29, 1.82) is 0 Å². The largest absolute Gasteiger partial charge is 0.490 e. The molecule has 0 bridgehead atoms. The Morgan fingerprint density at radius 3 is 2.57 bits per heavy atom. The third-order valence-electron chi connectivity index (χ3n) is 5.15. The molecule has 0 aromatic heterocycles. The van der Waals surface area contributed by atoms with Gasteiger partial charge in [0.1, 0.15) is 0 Å². The second-order valence-corrected chi connectivity index (χ2v) is 9.57. The molecule has 0 atom stereocenters. The number of carbonyl (C=O) groups excluding carboxylic acids is 1. The van der Waals surface area contributed by atoms with E-state index in [-0.39, 0.29) is 10.7 Å². The van der Waals surface area contributed by atoms with Crippen molar-refractivity contribution in [3.8, 4) is 11.5 Å². The van der Waals surface area contributed by atoms with Gasteiger partial charge in [0, 0.05) is 50.0 Å². The summed E-state index contributed by atoms with van der Waals surface area (Å²) in [6, 6.07) is 9.99. The number of benzene rings is 2. The van der Waals surface area contributed by atoms with E-state index in [4.69, 9.17) is 9.47 Å². The molecule has 30 heavy (non-hydrogen) atoms. The van der Waals surface area contributed by atoms with Crippen LogP contribution in [-0.2, 0) is 16.4 Å². The number of ether oxygens (including phenoxy) is 2. The van der Waals surface area contributed by atoms with Crippen LogP contribution >= 0.6 is 0 Å². The van der Waals surface area contributed by atoms with E-state index in [0.29, 0.717) is 36.8 Å². The van der Waals surface area contributed by atoms with Gasteiger partial charge in [-0.05, 0) is 36.2 Å². The van der Waals surface area contributed by atoms with E-state index in [1.807, 2.05) is 12.1 Å².